The van der Waals surface area contributed by atoms with Gasteiger partial charge in [-0.05, 0) is 6.92 Å². The molecule has 4 nitrogen and oxygen atoms in total. The average molecular weight is 238 g/mol. The largest absolute Gasteiger partial charge is 0.496 e. The molecular weight excluding hydrogens is 220 g/mol. The number of hydrogen-bond donors (Lipinski definition) is 0. The Hall–Kier alpha value is -1.84. The van der Waals surface area contributed by atoms with Crippen molar-refractivity contribution in [3.8, 4) is 17.2 Å². The first-order valence-corrected chi connectivity index (χ1v) is 5.19. The lowest BCUT2D eigenvalue weighted by molar-refractivity contribution is 0.194. The van der Waals surface area contributed by atoms with Crippen molar-refractivity contribution in [2.75, 3.05) is 21.3 Å². The third kappa shape index (κ3) is 3.31. The molecule has 0 fully saturated rings. The van der Waals surface area contributed by atoms with E-state index in [2.05, 4.69) is 6.58 Å². The lowest BCUT2D eigenvalue weighted by Gasteiger charge is -2.15. The Kier molecular flexibility index (Phi) is 4.69. The zero-order chi connectivity index (χ0) is 12.8. The molecule has 4 heteroatoms. The number of rotatable bonds is 6. The van der Waals surface area contributed by atoms with Crippen LogP contribution in [0.4, 0.5) is 0 Å². The monoisotopic (exact) mass is 238 g/mol. The highest BCUT2D eigenvalue weighted by Gasteiger charge is 2.13. The molecule has 0 bridgehead atoms. The summed E-state index contributed by atoms with van der Waals surface area (Å²) in [5.74, 6) is 2.66. The molecule has 0 unspecified atom stereocenters. The first-order valence-electron chi connectivity index (χ1n) is 5.19. The van der Waals surface area contributed by atoms with Gasteiger partial charge in [0.15, 0.2) is 0 Å². The molecule has 0 atom stereocenters. The zero-order valence-corrected chi connectivity index (χ0v) is 10.7. The summed E-state index contributed by atoms with van der Waals surface area (Å²) in [5, 5.41) is 0. The fourth-order valence-electron chi connectivity index (χ4n) is 1.42. The summed E-state index contributed by atoms with van der Waals surface area (Å²) in [4.78, 5) is 0. The van der Waals surface area contributed by atoms with E-state index >= 15 is 0 Å². The van der Waals surface area contributed by atoms with Gasteiger partial charge in [0.05, 0.1) is 32.7 Å². The topological polar surface area (TPSA) is 36.9 Å². The second kappa shape index (κ2) is 6.03. The van der Waals surface area contributed by atoms with Crippen LogP contribution in [-0.2, 0) is 11.3 Å². The summed E-state index contributed by atoms with van der Waals surface area (Å²) in [6.45, 7) is 5.83. The maximum absolute atomic E-state index is 5.39. The van der Waals surface area contributed by atoms with E-state index < -0.39 is 0 Å². The van der Waals surface area contributed by atoms with Crippen LogP contribution in [0.2, 0.25) is 0 Å². The molecule has 0 aliphatic rings. The second-order valence-corrected chi connectivity index (χ2v) is 3.50. The molecule has 0 saturated heterocycles. The van der Waals surface area contributed by atoms with Gasteiger partial charge in [-0.25, -0.2) is 0 Å². The average Bonchev–Trinajstić information content (AvgIpc) is 2.34. The van der Waals surface area contributed by atoms with Crippen molar-refractivity contribution in [1.29, 1.82) is 0 Å². The summed E-state index contributed by atoms with van der Waals surface area (Å²) >= 11 is 0. The van der Waals surface area contributed by atoms with E-state index in [0.717, 1.165) is 5.56 Å². The third-order valence-corrected chi connectivity index (χ3v) is 2.28. The minimum Gasteiger partial charge on any atom is -0.496 e. The highest BCUT2D eigenvalue weighted by atomic mass is 16.5. The van der Waals surface area contributed by atoms with Crippen LogP contribution in [0.1, 0.15) is 12.5 Å². The summed E-state index contributed by atoms with van der Waals surface area (Å²) < 4.78 is 21.1. The second-order valence-electron chi connectivity index (χ2n) is 3.50. The lowest BCUT2D eigenvalue weighted by atomic mass is 10.1. The van der Waals surface area contributed by atoms with Crippen LogP contribution in [0.15, 0.2) is 24.5 Å². The first-order chi connectivity index (χ1) is 8.12. The molecule has 17 heavy (non-hydrogen) atoms. The van der Waals surface area contributed by atoms with E-state index in [-0.39, 0.29) is 0 Å². The Morgan fingerprint density at radius 3 is 1.94 bits per heavy atom. The van der Waals surface area contributed by atoms with Gasteiger partial charge in [-0.2, -0.15) is 0 Å². The van der Waals surface area contributed by atoms with Gasteiger partial charge in [0.25, 0.3) is 0 Å². The minimum absolute atomic E-state index is 0.353. The molecule has 0 amide bonds. The lowest BCUT2D eigenvalue weighted by Crippen LogP contribution is -2.00. The Morgan fingerprint density at radius 1 is 1.06 bits per heavy atom. The molecular formula is C13H18O4. The normalized spacial score (nSPS) is 9.65. The molecule has 0 heterocycles. The number of methoxy groups -OCH3 is 3. The number of benzene rings is 1. The molecule has 1 rings (SSSR count). The highest BCUT2D eigenvalue weighted by molar-refractivity contribution is 5.50. The molecule has 0 aliphatic heterocycles. The van der Waals surface area contributed by atoms with E-state index in [1.54, 1.807) is 40.4 Å². The van der Waals surface area contributed by atoms with Gasteiger partial charge >= 0.3 is 0 Å². The van der Waals surface area contributed by atoms with Gasteiger partial charge in [0.1, 0.15) is 23.9 Å². The van der Waals surface area contributed by atoms with Gasteiger partial charge in [0.2, 0.25) is 0 Å². The van der Waals surface area contributed by atoms with Gasteiger partial charge in [0, 0.05) is 12.1 Å². The molecule has 94 valence electrons. The summed E-state index contributed by atoms with van der Waals surface area (Å²) in [5.41, 5.74) is 0.832. The van der Waals surface area contributed by atoms with E-state index in [4.69, 9.17) is 18.9 Å². The van der Waals surface area contributed by atoms with Crippen molar-refractivity contribution in [2.45, 2.75) is 13.5 Å². The van der Waals surface area contributed by atoms with Crippen LogP contribution in [0.3, 0.4) is 0 Å². The van der Waals surface area contributed by atoms with Crippen molar-refractivity contribution >= 4 is 0 Å². The molecule has 0 aliphatic carbocycles. The Labute approximate surface area is 102 Å². The summed E-state index contributed by atoms with van der Waals surface area (Å²) in [7, 11) is 4.79. The summed E-state index contributed by atoms with van der Waals surface area (Å²) in [6.07, 6.45) is 0. The molecule has 0 aromatic heterocycles. The minimum atomic E-state index is 0.353. The Morgan fingerprint density at radius 2 is 1.59 bits per heavy atom. The molecule has 0 spiro atoms. The number of hydrogen-bond acceptors (Lipinski definition) is 4. The molecule has 1 aromatic carbocycles. The van der Waals surface area contributed by atoms with E-state index in [1.165, 1.54) is 0 Å². The maximum atomic E-state index is 5.39. The van der Waals surface area contributed by atoms with Crippen molar-refractivity contribution in [3.05, 3.63) is 30.0 Å². The maximum Gasteiger partial charge on any atom is 0.132 e. The fourth-order valence-corrected chi connectivity index (χ4v) is 1.42. The van der Waals surface area contributed by atoms with Crippen molar-refractivity contribution in [1.82, 2.24) is 0 Å². The predicted octanol–water partition coefficient (Wildman–Crippen LogP) is 2.76. The van der Waals surface area contributed by atoms with Crippen LogP contribution < -0.4 is 14.2 Å². The first kappa shape index (κ1) is 13.2. The van der Waals surface area contributed by atoms with Crippen molar-refractivity contribution in [2.24, 2.45) is 0 Å². The Bertz CT molecular complexity index is 373. The third-order valence-electron chi connectivity index (χ3n) is 2.28. The van der Waals surface area contributed by atoms with E-state index in [0.29, 0.717) is 29.6 Å². The standard InChI is InChI=1S/C13H18O4/c1-9(2)17-8-11-12(15-4)6-10(14-3)7-13(11)16-5/h6-7H,1,8H2,2-5H3. The number of allylic oxidation sites excluding steroid dienone is 1. The van der Waals surface area contributed by atoms with Crippen molar-refractivity contribution in [3.63, 3.8) is 0 Å². The predicted molar refractivity (Wildman–Crippen MR) is 65.7 cm³/mol. The van der Waals surface area contributed by atoms with Gasteiger partial charge in [-0.1, -0.05) is 6.58 Å². The fraction of sp³-hybridized carbons (Fsp3) is 0.385. The number of ether oxygens (including phenoxy) is 4. The molecule has 0 radical (unpaired) electrons. The highest BCUT2D eigenvalue weighted by Crippen LogP contribution is 2.34. The van der Waals surface area contributed by atoms with Crippen LogP contribution >= 0.6 is 0 Å². The molecule has 0 N–H and O–H groups in total. The SMILES string of the molecule is C=C(C)OCc1c(OC)cc(OC)cc1OC. The summed E-state index contributed by atoms with van der Waals surface area (Å²) in [6, 6.07) is 3.58. The van der Waals surface area contributed by atoms with Crippen LogP contribution in [0.5, 0.6) is 17.2 Å². The quantitative estimate of drug-likeness (QED) is 0.714. The molecule has 1 aromatic rings. The van der Waals surface area contributed by atoms with E-state index in [1.807, 2.05) is 0 Å². The van der Waals surface area contributed by atoms with Gasteiger partial charge in [-0.3, -0.25) is 0 Å². The van der Waals surface area contributed by atoms with Crippen LogP contribution in [0, 0.1) is 0 Å². The molecule has 0 saturated carbocycles. The Balaban J connectivity index is 3.10. The van der Waals surface area contributed by atoms with Crippen LogP contribution in [0.25, 0.3) is 0 Å². The van der Waals surface area contributed by atoms with E-state index in [9.17, 15) is 0 Å². The smallest absolute Gasteiger partial charge is 0.132 e. The zero-order valence-electron chi connectivity index (χ0n) is 10.7. The van der Waals surface area contributed by atoms with Crippen LogP contribution in [-0.4, -0.2) is 21.3 Å². The van der Waals surface area contributed by atoms with Gasteiger partial charge in [-0.15, -0.1) is 0 Å². The van der Waals surface area contributed by atoms with Crippen molar-refractivity contribution < 1.29 is 18.9 Å². The van der Waals surface area contributed by atoms with Gasteiger partial charge < -0.3 is 18.9 Å².